The predicted octanol–water partition coefficient (Wildman–Crippen LogP) is 3.88. The van der Waals surface area contributed by atoms with Crippen molar-refractivity contribution >= 4 is 0 Å². The molecule has 3 heteroatoms. The molecule has 0 fully saturated rings. The van der Waals surface area contributed by atoms with Crippen LogP contribution in [0.5, 0.6) is 11.6 Å². The fourth-order valence-electron chi connectivity index (χ4n) is 1.83. The molecule has 1 aromatic heterocycles. The van der Waals surface area contributed by atoms with Crippen molar-refractivity contribution in [1.82, 2.24) is 4.98 Å². The first-order chi connectivity index (χ1) is 9.19. The lowest BCUT2D eigenvalue weighted by atomic mass is 10.1. The van der Waals surface area contributed by atoms with Crippen molar-refractivity contribution < 1.29 is 9.84 Å². The quantitative estimate of drug-likeness (QED) is 0.883. The summed E-state index contributed by atoms with van der Waals surface area (Å²) in [6, 6.07) is 11.6. The van der Waals surface area contributed by atoms with Gasteiger partial charge in [-0.05, 0) is 42.7 Å². The number of aliphatic hydroxyl groups is 1. The summed E-state index contributed by atoms with van der Waals surface area (Å²) in [6.45, 7) is 3.88. The molecular formula is C16H19NO2. The number of hydrogen-bond donors (Lipinski definition) is 1. The van der Waals surface area contributed by atoms with Crippen LogP contribution in [-0.4, -0.2) is 10.1 Å². The molecule has 1 aromatic carbocycles. The van der Waals surface area contributed by atoms with Crippen molar-refractivity contribution in [3.63, 3.8) is 0 Å². The van der Waals surface area contributed by atoms with Gasteiger partial charge in [0, 0.05) is 12.3 Å². The SMILES string of the molecule is CCCc1ccc(Oc2ccc(C(C)O)cn2)cc1. The second-order valence-electron chi connectivity index (χ2n) is 4.60. The summed E-state index contributed by atoms with van der Waals surface area (Å²) in [5.74, 6) is 1.31. The zero-order valence-electron chi connectivity index (χ0n) is 11.3. The van der Waals surface area contributed by atoms with Gasteiger partial charge in [-0.1, -0.05) is 25.5 Å². The first kappa shape index (κ1) is 13.6. The van der Waals surface area contributed by atoms with E-state index in [1.165, 1.54) is 5.56 Å². The maximum Gasteiger partial charge on any atom is 0.219 e. The van der Waals surface area contributed by atoms with E-state index in [2.05, 4.69) is 24.0 Å². The van der Waals surface area contributed by atoms with E-state index in [0.29, 0.717) is 5.88 Å². The summed E-state index contributed by atoms with van der Waals surface area (Å²) in [5.41, 5.74) is 2.10. The van der Waals surface area contributed by atoms with Crippen molar-refractivity contribution in [3.8, 4) is 11.6 Å². The number of ether oxygens (including phenoxy) is 1. The third-order valence-corrected chi connectivity index (χ3v) is 2.93. The molecule has 2 aromatic rings. The van der Waals surface area contributed by atoms with Crippen LogP contribution in [0.25, 0.3) is 0 Å². The van der Waals surface area contributed by atoms with Crippen LogP contribution < -0.4 is 4.74 Å². The fourth-order valence-corrected chi connectivity index (χ4v) is 1.83. The molecule has 0 radical (unpaired) electrons. The van der Waals surface area contributed by atoms with Crippen molar-refractivity contribution in [3.05, 3.63) is 53.7 Å². The molecule has 100 valence electrons. The van der Waals surface area contributed by atoms with Gasteiger partial charge in [0.2, 0.25) is 5.88 Å². The van der Waals surface area contributed by atoms with Gasteiger partial charge in [-0.2, -0.15) is 0 Å². The lowest BCUT2D eigenvalue weighted by Gasteiger charge is -2.07. The van der Waals surface area contributed by atoms with Gasteiger partial charge in [0.25, 0.3) is 0 Å². The molecule has 1 heterocycles. The number of pyridine rings is 1. The Morgan fingerprint density at radius 2 is 1.89 bits per heavy atom. The number of nitrogens with zero attached hydrogens (tertiary/aromatic N) is 1. The Morgan fingerprint density at radius 1 is 1.16 bits per heavy atom. The maximum atomic E-state index is 9.40. The van der Waals surface area contributed by atoms with Crippen LogP contribution in [-0.2, 0) is 6.42 Å². The molecule has 1 atom stereocenters. The standard InChI is InChI=1S/C16H19NO2/c1-3-4-13-5-8-15(9-6-13)19-16-10-7-14(11-17-16)12(2)18/h5-12,18H,3-4H2,1-2H3. The highest BCUT2D eigenvalue weighted by molar-refractivity contribution is 5.31. The van der Waals surface area contributed by atoms with Gasteiger partial charge in [-0.15, -0.1) is 0 Å². The molecule has 1 N–H and O–H groups in total. The van der Waals surface area contributed by atoms with Gasteiger partial charge in [0.1, 0.15) is 5.75 Å². The lowest BCUT2D eigenvalue weighted by Crippen LogP contribution is -1.93. The Labute approximate surface area is 113 Å². The third kappa shape index (κ3) is 3.80. The molecule has 1 unspecified atom stereocenters. The minimum atomic E-state index is -0.505. The number of rotatable bonds is 5. The highest BCUT2D eigenvalue weighted by atomic mass is 16.5. The minimum absolute atomic E-state index is 0.505. The summed E-state index contributed by atoms with van der Waals surface area (Å²) < 4.78 is 5.65. The molecule has 0 aliphatic carbocycles. The molecule has 2 rings (SSSR count). The van der Waals surface area contributed by atoms with E-state index in [-0.39, 0.29) is 0 Å². The summed E-state index contributed by atoms with van der Waals surface area (Å²) in [6.07, 6.45) is 3.35. The molecule has 19 heavy (non-hydrogen) atoms. The van der Waals surface area contributed by atoms with Crippen LogP contribution in [0.15, 0.2) is 42.6 Å². The van der Waals surface area contributed by atoms with Gasteiger partial charge in [-0.3, -0.25) is 0 Å². The molecule has 0 bridgehead atoms. The Balaban J connectivity index is 2.04. The second-order valence-corrected chi connectivity index (χ2v) is 4.60. The first-order valence-electron chi connectivity index (χ1n) is 6.60. The Morgan fingerprint density at radius 3 is 2.42 bits per heavy atom. The average molecular weight is 257 g/mol. The van der Waals surface area contributed by atoms with E-state index in [9.17, 15) is 5.11 Å². The van der Waals surface area contributed by atoms with Crippen molar-refractivity contribution in [2.24, 2.45) is 0 Å². The lowest BCUT2D eigenvalue weighted by molar-refractivity contribution is 0.198. The molecule has 0 amide bonds. The van der Waals surface area contributed by atoms with Crippen LogP contribution in [0.3, 0.4) is 0 Å². The molecule has 0 saturated carbocycles. The molecule has 0 spiro atoms. The normalized spacial score (nSPS) is 12.2. The average Bonchev–Trinajstić information content (AvgIpc) is 2.42. The largest absolute Gasteiger partial charge is 0.439 e. The van der Waals surface area contributed by atoms with Gasteiger partial charge < -0.3 is 9.84 Å². The summed E-state index contributed by atoms with van der Waals surface area (Å²) in [5, 5.41) is 9.40. The molecule has 0 aliphatic rings. The van der Waals surface area contributed by atoms with E-state index in [0.717, 1.165) is 24.2 Å². The van der Waals surface area contributed by atoms with Crippen LogP contribution in [0, 0.1) is 0 Å². The maximum absolute atomic E-state index is 9.40. The van der Waals surface area contributed by atoms with Gasteiger partial charge in [0.05, 0.1) is 6.10 Å². The van der Waals surface area contributed by atoms with E-state index >= 15 is 0 Å². The Hall–Kier alpha value is -1.87. The van der Waals surface area contributed by atoms with Gasteiger partial charge >= 0.3 is 0 Å². The highest BCUT2D eigenvalue weighted by Gasteiger charge is 2.03. The number of hydrogen-bond acceptors (Lipinski definition) is 3. The second kappa shape index (κ2) is 6.34. The number of aromatic nitrogens is 1. The van der Waals surface area contributed by atoms with Crippen LogP contribution in [0.4, 0.5) is 0 Å². The zero-order valence-corrected chi connectivity index (χ0v) is 11.3. The Bertz CT molecular complexity index is 503. The summed E-state index contributed by atoms with van der Waals surface area (Å²) in [4.78, 5) is 4.17. The van der Waals surface area contributed by atoms with Crippen LogP contribution >= 0.6 is 0 Å². The topological polar surface area (TPSA) is 42.4 Å². The van der Waals surface area contributed by atoms with Crippen LogP contribution in [0.2, 0.25) is 0 Å². The van der Waals surface area contributed by atoms with E-state index in [1.54, 1.807) is 19.2 Å². The van der Waals surface area contributed by atoms with Gasteiger partial charge in [0.15, 0.2) is 0 Å². The zero-order chi connectivity index (χ0) is 13.7. The fraction of sp³-hybridized carbons (Fsp3) is 0.312. The Kier molecular flexibility index (Phi) is 4.53. The highest BCUT2D eigenvalue weighted by Crippen LogP contribution is 2.21. The van der Waals surface area contributed by atoms with Crippen molar-refractivity contribution in [1.29, 1.82) is 0 Å². The van der Waals surface area contributed by atoms with Gasteiger partial charge in [-0.25, -0.2) is 4.98 Å². The number of aliphatic hydroxyl groups excluding tert-OH is 1. The summed E-state index contributed by atoms with van der Waals surface area (Å²) >= 11 is 0. The van der Waals surface area contributed by atoms with E-state index in [1.807, 2.05) is 18.2 Å². The smallest absolute Gasteiger partial charge is 0.219 e. The predicted molar refractivity (Wildman–Crippen MR) is 75.4 cm³/mol. The van der Waals surface area contributed by atoms with E-state index < -0.39 is 6.10 Å². The third-order valence-electron chi connectivity index (χ3n) is 2.93. The first-order valence-corrected chi connectivity index (χ1v) is 6.60. The minimum Gasteiger partial charge on any atom is -0.439 e. The summed E-state index contributed by atoms with van der Waals surface area (Å²) in [7, 11) is 0. The number of aryl methyl sites for hydroxylation is 1. The monoisotopic (exact) mass is 257 g/mol. The molecule has 0 saturated heterocycles. The van der Waals surface area contributed by atoms with E-state index in [4.69, 9.17) is 4.74 Å². The molecule has 0 aliphatic heterocycles. The molecule has 3 nitrogen and oxygen atoms in total. The molecular weight excluding hydrogens is 238 g/mol. The van der Waals surface area contributed by atoms with Crippen molar-refractivity contribution in [2.45, 2.75) is 32.8 Å². The van der Waals surface area contributed by atoms with Crippen LogP contribution in [0.1, 0.15) is 37.5 Å². The van der Waals surface area contributed by atoms with Crippen molar-refractivity contribution in [2.75, 3.05) is 0 Å². The number of benzene rings is 1.